The summed E-state index contributed by atoms with van der Waals surface area (Å²) in [7, 11) is 0. The maximum Gasteiger partial charge on any atom is 0.163 e. The highest BCUT2D eigenvalue weighted by molar-refractivity contribution is 4.86. The van der Waals surface area contributed by atoms with E-state index in [-0.39, 0.29) is 23.9 Å². The van der Waals surface area contributed by atoms with E-state index in [4.69, 9.17) is 18.9 Å². The minimum Gasteiger partial charge on any atom is -0.376 e. The van der Waals surface area contributed by atoms with Crippen molar-refractivity contribution < 1.29 is 18.9 Å². The van der Waals surface area contributed by atoms with Gasteiger partial charge in [0, 0.05) is 6.61 Å². The van der Waals surface area contributed by atoms with Crippen molar-refractivity contribution in [3.8, 4) is 0 Å². The van der Waals surface area contributed by atoms with Crippen molar-refractivity contribution in [2.75, 3.05) is 13.2 Å². The Bertz CT molecular complexity index is 288. The quantitative estimate of drug-likeness (QED) is 0.724. The van der Waals surface area contributed by atoms with Crippen LogP contribution in [-0.4, -0.2) is 42.9 Å². The van der Waals surface area contributed by atoms with Crippen molar-refractivity contribution >= 4 is 0 Å². The maximum absolute atomic E-state index is 6.24. The van der Waals surface area contributed by atoms with Gasteiger partial charge in [0.2, 0.25) is 0 Å². The lowest BCUT2D eigenvalue weighted by molar-refractivity contribution is -0.208. The molecule has 0 N–H and O–H groups in total. The van der Waals surface area contributed by atoms with Gasteiger partial charge in [-0.15, -0.1) is 0 Å². The fourth-order valence-corrected chi connectivity index (χ4v) is 2.64. The van der Waals surface area contributed by atoms with E-state index < -0.39 is 5.79 Å². The maximum atomic E-state index is 6.24. The summed E-state index contributed by atoms with van der Waals surface area (Å²) in [6, 6.07) is 0. The first-order chi connectivity index (χ1) is 8.29. The van der Waals surface area contributed by atoms with E-state index in [9.17, 15) is 0 Å². The predicted octanol–water partition coefficient (Wildman–Crippen LogP) is 2.50. The first kappa shape index (κ1) is 14.3. The van der Waals surface area contributed by atoms with E-state index in [1.54, 1.807) is 0 Å². The van der Waals surface area contributed by atoms with Crippen molar-refractivity contribution in [2.45, 2.75) is 77.2 Å². The third-order valence-electron chi connectivity index (χ3n) is 3.62. The average molecular weight is 258 g/mol. The summed E-state index contributed by atoms with van der Waals surface area (Å²) in [6.45, 7) is 11.6. The predicted molar refractivity (Wildman–Crippen MR) is 68.5 cm³/mol. The minimum absolute atomic E-state index is 0.0343. The Morgan fingerprint density at radius 2 is 1.78 bits per heavy atom. The van der Waals surface area contributed by atoms with Gasteiger partial charge in [0.25, 0.3) is 0 Å². The number of hydrogen-bond acceptors (Lipinski definition) is 4. The van der Waals surface area contributed by atoms with Crippen LogP contribution in [0.5, 0.6) is 0 Å². The second-order valence-electron chi connectivity index (χ2n) is 6.39. The Kier molecular flexibility index (Phi) is 4.02. The van der Waals surface area contributed by atoms with Crippen LogP contribution in [0, 0.1) is 0 Å². The SMILES string of the molecule is CC1OCCCC(C)(C)OC1C1COC(C)(C)O1. The van der Waals surface area contributed by atoms with Crippen LogP contribution in [0.4, 0.5) is 0 Å². The summed E-state index contributed by atoms with van der Waals surface area (Å²) in [6.07, 6.45) is 1.96. The van der Waals surface area contributed by atoms with E-state index >= 15 is 0 Å². The lowest BCUT2D eigenvalue weighted by atomic mass is 9.99. The summed E-state index contributed by atoms with van der Waals surface area (Å²) in [5.74, 6) is -0.514. The molecule has 2 rings (SSSR count). The molecule has 0 aromatic carbocycles. The molecule has 2 heterocycles. The molecule has 2 saturated heterocycles. The van der Waals surface area contributed by atoms with Gasteiger partial charge >= 0.3 is 0 Å². The monoisotopic (exact) mass is 258 g/mol. The standard InChI is InChI=1S/C14H26O4/c1-10-12(11-9-16-14(4,5)17-11)18-13(2,3)7-6-8-15-10/h10-12H,6-9H2,1-5H3. The molecule has 0 amide bonds. The first-order valence-electron chi connectivity index (χ1n) is 6.90. The van der Waals surface area contributed by atoms with Crippen molar-refractivity contribution in [3.63, 3.8) is 0 Å². The van der Waals surface area contributed by atoms with Crippen molar-refractivity contribution in [1.82, 2.24) is 0 Å². The molecule has 0 aromatic rings. The first-order valence-corrected chi connectivity index (χ1v) is 6.90. The summed E-state index contributed by atoms with van der Waals surface area (Å²) in [5.41, 5.74) is -0.126. The molecule has 4 nitrogen and oxygen atoms in total. The fraction of sp³-hybridized carbons (Fsp3) is 1.00. The zero-order chi connectivity index (χ0) is 13.4. The lowest BCUT2D eigenvalue weighted by Crippen LogP contribution is -2.48. The Balaban J connectivity index is 2.07. The van der Waals surface area contributed by atoms with Gasteiger partial charge in [0.15, 0.2) is 5.79 Å². The van der Waals surface area contributed by atoms with E-state index in [0.29, 0.717) is 6.61 Å². The minimum atomic E-state index is -0.514. The molecule has 3 atom stereocenters. The second-order valence-corrected chi connectivity index (χ2v) is 6.39. The van der Waals surface area contributed by atoms with E-state index in [1.807, 2.05) is 13.8 Å². The Morgan fingerprint density at radius 1 is 1.06 bits per heavy atom. The molecule has 0 aromatic heterocycles. The van der Waals surface area contributed by atoms with Crippen molar-refractivity contribution in [1.29, 1.82) is 0 Å². The molecular formula is C14H26O4. The zero-order valence-electron chi connectivity index (χ0n) is 12.2. The highest BCUT2D eigenvalue weighted by Gasteiger charge is 2.43. The highest BCUT2D eigenvalue weighted by atomic mass is 16.8. The Hall–Kier alpha value is -0.160. The highest BCUT2D eigenvalue weighted by Crippen LogP contribution is 2.32. The number of ether oxygens (including phenoxy) is 4. The number of rotatable bonds is 1. The summed E-state index contributed by atoms with van der Waals surface area (Å²) >= 11 is 0. The van der Waals surface area contributed by atoms with Crippen LogP contribution in [0.1, 0.15) is 47.5 Å². The fourth-order valence-electron chi connectivity index (χ4n) is 2.64. The third-order valence-corrected chi connectivity index (χ3v) is 3.62. The Labute approximate surface area is 110 Å². The van der Waals surface area contributed by atoms with Crippen molar-refractivity contribution in [2.24, 2.45) is 0 Å². The van der Waals surface area contributed by atoms with Gasteiger partial charge in [-0.2, -0.15) is 0 Å². The summed E-state index contributed by atoms with van der Waals surface area (Å²) in [4.78, 5) is 0. The van der Waals surface area contributed by atoms with Crippen LogP contribution in [0.15, 0.2) is 0 Å². The van der Waals surface area contributed by atoms with Crippen LogP contribution in [-0.2, 0) is 18.9 Å². The van der Waals surface area contributed by atoms with E-state index in [0.717, 1.165) is 19.4 Å². The average Bonchev–Trinajstić information content (AvgIpc) is 2.60. The van der Waals surface area contributed by atoms with E-state index in [2.05, 4.69) is 20.8 Å². The summed E-state index contributed by atoms with van der Waals surface area (Å²) < 4.78 is 23.6. The lowest BCUT2D eigenvalue weighted by Gasteiger charge is -2.38. The molecule has 3 unspecified atom stereocenters. The molecule has 0 bridgehead atoms. The molecule has 18 heavy (non-hydrogen) atoms. The third kappa shape index (κ3) is 3.44. The molecule has 0 spiro atoms. The zero-order valence-corrected chi connectivity index (χ0v) is 12.2. The molecule has 2 aliphatic rings. The van der Waals surface area contributed by atoms with Gasteiger partial charge in [0.1, 0.15) is 12.2 Å². The van der Waals surface area contributed by atoms with Gasteiger partial charge in [-0.05, 0) is 47.5 Å². The molecule has 0 radical (unpaired) electrons. The second kappa shape index (κ2) is 5.08. The molecule has 2 aliphatic heterocycles. The van der Waals surface area contributed by atoms with Crippen LogP contribution in [0.3, 0.4) is 0 Å². The Morgan fingerprint density at radius 3 is 2.39 bits per heavy atom. The molecule has 106 valence electrons. The molecule has 4 heteroatoms. The van der Waals surface area contributed by atoms with Crippen LogP contribution >= 0.6 is 0 Å². The van der Waals surface area contributed by atoms with Gasteiger partial charge in [0.05, 0.1) is 18.3 Å². The topological polar surface area (TPSA) is 36.9 Å². The summed E-state index contributed by atoms with van der Waals surface area (Å²) in [5, 5.41) is 0. The number of hydrogen-bond donors (Lipinski definition) is 0. The van der Waals surface area contributed by atoms with Gasteiger partial charge in [-0.1, -0.05) is 0 Å². The molecule has 2 fully saturated rings. The normalized spacial score (nSPS) is 40.2. The van der Waals surface area contributed by atoms with Crippen LogP contribution in [0.25, 0.3) is 0 Å². The van der Waals surface area contributed by atoms with Gasteiger partial charge in [-0.25, -0.2) is 0 Å². The molecular weight excluding hydrogens is 232 g/mol. The van der Waals surface area contributed by atoms with Crippen LogP contribution in [0.2, 0.25) is 0 Å². The van der Waals surface area contributed by atoms with Gasteiger partial charge in [-0.3, -0.25) is 0 Å². The van der Waals surface area contributed by atoms with Crippen molar-refractivity contribution in [3.05, 3.63) is 0 Å². The largest absolute Gasteiger partial charge is 0.376 e. The molecule has 0 aliphatic carbocycles. The smallest absolute Gasteiger partial charge is 0.163 e. The van der Waals surface area contributed by atoms with Crippen LogP contribution < -0.4 is 0 Å². The van der Waals surface area contributed by atoms with E-state index in [1.165, 1.54) is 0 Å². The van der Waals surface area contributed by atoms with Gasteiger partial charge < -0.3 is 18.9 Å². The molecule has 0 saturated carbocycles.